The number of terminal acetylenes is 1. The molecule has 0 saturated heterocycles. The van der Waals surface area contributed by atoms with Gasteiger partial charge in [-0.15, -0.1) is 12.3 Å². The molecule has 6 nitrogen and oxygen atoms in total. The van der Waals surface area contributed by atoms with Crippen molar-refractivity contribution in [3.8, 4) is 12.3 Å². The molecule has 0 heterocycles. The number of rotatable bonds is 6. The van der Waals surface area contributed by atoms with E-state index in [0.717, 1.165) is 6.42 Å². The van der Waals surface area contributed by atoms with E-state index in [-0.39, 0.29) is 17.6 Å². The van der Waals surface area contributed by atoms with E-state index in [4.69, 9.17) is 6.42 Å². The fraction of sp³-hybridized carbons (Fsp3) is 0.357. The van der Waals surface area contributed by atoms with Crippen LogP contribution in [-0.2, 0) is 0 Å². The van der Waals surface area contributed by atoms with Gasteiger partial charge in [0.05, 0.1) is 4.92 Å². The molecule has 0 spiro atoms. The molecule has 0 radical (unpaired) electrons. The highest BCUT2D eigenvalue weighted by molar-refractivity contribution is 5.95. The number of carbonyl (C=O) groups is 1. The van der Waals surface area contributed by atoms with Crippen LogP contribution < -0.4 is 10.6 Å². The Morgan fingerprint density at radius 1 is 1.55 bits per heavy atom. The van der Waals surface area contributed by atoms with Crippen LogP contribution in [0.3, 0.4) is 0 Å². The lowest BCUT2D eigenvalue weighted by Gasteiger charge is -2.16. The summed E-state index contributed by atoms with van der Waals surface area (Å²) in [5, 5.41) is 16.5. The Hall–Kier alpha value is -2.55. The average molecular weight is 275 g/mol. The summed E-state index contributed by atoms with van der Waals surface area (Å²) in [5.74, 6) is 2.23. The predicted octanol–water partition coefficient (Wildman–Crippen LogP) is 2.17. The Kier molecular flexibility index (Phi) is 5.54. The Bertz CT molecular complexity index is 549. The quantitative estimate of drug-likeness (QED) is 0.473. The van der Waals surface area contributed by atoms with Crippen LogP contribution in [0.5, 0.6) is 0 Å². The van der Waals surface area contributed by atoms with Gasteiger partial charge in [-0.2, -0.15) is 0 Å². The van der Waals surface area contributed by atoms with E-state index in [2.05, 4.69) is 16.6 Å². The highest BCUT2D eigenvalue weighted by Crippen LogP contribution is 2.27. The molecule has 0 bridgehead atoms. The molecule has 1 atom stereocenters. The number of nitrogens with one attached hydrogen (secondary N) is 2. The molecule has 1 rings (SSSR count). The van der Waals surface area contributed by atoms with E-state index in [1.165, 1.54) is 25.2 Å². The van der Waals surface area contributed by atoms with Gasteiger partial charge in [0.25, 0.3) is 11.6 Å². The second-order valence-electron chi connectivity index (χ2n) is 4.23. The van der Waals surface area contributed by atoms with Crippen LogP contribution >= 0.6 is 0 Å². The van der Waals surface area contributed by atoms with E-state index in [9.17, 15) is 14.9 Å². The molecule has 0 aliphatic heterocycles. The van der Waals surface area contributed by atoms with Crippen LogP contribution in [0.15, 0.2) is 18.2 Å². The van der Waals surface area contributed by atoms with Crippen molar-refractivity contribution in [2.75, 3.05) is 12.4 Å². The summed E-state index contributed by atoms with van der Waals surface area (Å²) < 4.78 is 0. The summed E-state index contributed by atoms with van der Waals surface area (Å²) in [6.07, 6.45) is 6.45. The largest absolute Gasteiger partial charge is 0.376 e. The van der Waals surface area contributed by atoms with Gasteiger partial charge in [0.2, 0.25) is 0 Å². The van der Waals surface area contributed by atoms with Gasteiger partial charge < -0.3 is 10.6 Å². The highest BCUT2D eigenvalue weighted by Gasteiger charge is 2.18. The van der Waals surface area contributed by atoms with Crippen molar-refractivity contribution in [2.45, 2.75) is 25.8 Å². The van der Waals surface area contributed by atoms with Crippen molar-refractivity contribution in [2.24, 2.45) is 0 Å². The van der Waals surface area contributed by atoms with Gasteiger partial charge in [-0.3, -0.25) is 14.9 Å². The normalized spacial score (nSPS) is 11.2. The van der Waals surface area contributed by atoms with Crippen LogP contribution in [0.25, 0.3) is 0 Å². The molecule has 6 heteroatoms. The number of nitro groups is 1. The van der Waals surface area contributed by atoms with Gasteiger partial charge >= 0.3 is 0 Å². The molecule has 1 aromatic carbocycles. The third-order valence-corrected chi connectivity index (χ3v) is 2.90. The van der Waals surface area contributed by atoms with Gasteiger partial charge in [0.1, 0.15) is 5.69 Å². The maximum atomic E-state index is 11.6. The Morgan fingerprint density at radius 2 is 2.25 bits per heavy atom. The lowest BCUT2D eigenvalue weighted by atomic mass is 10.1. The molecule has 1 amide bonds. The van der Waals surface area contributed by atoms with Gasteiger partial charge in [-0.25, -0.2) is 0 Å². The van der Waals surface area contributed by atoms with E-state index < -0.39 is 4.92 Å². The van der Waals surface area contributed by atoms with Crippen molar-refractivity contribution in [1.29, 1.82) is 0 Å². The first kappa shape index (κ1) is 15.5. The topological polar surface area (TPSA) is 84.3 Å². The monoisotopic (exact) mass is 275 g/mol. The maximum Gasteiger partial charge on any atom is 0.292 e. The lowest BCUT2D eigenvalue weighted by Crippen LogP contribution is -2.21. The predicted molar refractivity (Wildman–Crippen MR) is 77.6 cm³/mol. The number of hydrogen-bond donors (Lipinski definition) is 2. The van der Waals surface area contributed by atoms with E-state index in [1.807, 2.05) is 6.92 Å². The first-order valence-corrected chi connectivity index (χ1v) is 6.24. The number of nitro benzene ring substituents is 1. The number of amides is 1. The van der Waals surface area contributed by atoms with Crippen molar-refractivity contribution >= 4 is 17.3 Å². The number of nitrogens with zero attached hydrogens (tertiary/aromatic N) is 1. The first-order valence-electron chi connectivity index (χ1n) is 6.24. The molecule has 1 aromatic rings. The third kappa shape index (κ3) is 3.72. The minimum atomic E-state index is -0.488. The number of hydrogen-bond acceptors (Lipinski definition) is 4. The van der Waals surface area contributed by atoms with Crippen molar-refractivity contribution in [3.05, 3.63) is 33.9 Å². The molecule has 1 unspecified atom stereocenters. The molecule has 0 saturated carbocycles. The molecule has 0 fully saturated rings. The molecular weight excluding hydrogens is 258 g/mol. The summed E-state index contributed by atoms with van der Waals surface area (Å²) >= 11 is 0. The smallest absolute Gasteiger partial charge is 0.292 e. The van der Waals surface area contributed by atoms with Gasteiger partial charge in [0, 0.05) is 31.1 Å². The van der Waals surface area contributed by atoms with Crippen LogP contribution in [-0.4, -0.2) is 23.9 Å². The van der Waals surface area contributed by atoms with Crippen LogP contribution in [0.1, 0.15) is 30.1 Å². The lowest BCUT2D eigenvalue weighted by molar-refractivity contribution is -0.384. The van der Waals surface area contributed by atoms with Crippen LogP contribution in [0.4, 0.5) is 11.4 Å². The standard InChI is InChI=1S/C14H17N3O3/c1-4-6-11(5-2)16-12-9-10(14(18)15-3)7-8-13(12)17(19)20/h1,7-9,11,16H,5-6H2,2-3H3,(H,15,18). The minimum Gasteiger partial charge on any atom is -0.376 e. The van der Waals surface area contributed by atoms with Gasteiger partial charge in [-0.1, -0.05) is 6.92 Å². The zero-order chi connectivity index (χ0) is 15.1. The molecular formula is C14H17N3O3. The fourth-order valence-corrected chi connectivity index (χ4v) is 1.76. The summed E-state index contributed by atoms with van der Waals surface area (Å²) in [6, 6.07) is 4.13. The Labute approximate surface area is 117 Å². The number of anilines is 1. The van der Waals surface area contributed by atoms with Gasteiger partial charge in [-0.05, 0) is 18.6 Å². The van der Waals surface area contributed by atoms with Crippen molar-refractivity contribution in [3.63, 3.8) is 0 Å². The zero-order valence-corrected chi connectivity index (χ0v) is 11.5. The molecule has 106 valence electrons. The number of benzene rings is 1. The fourth-order valence-electron chi connectivity index (χ4n) is 1.76. The van der Waals surface area contributed by atoms with E-state index >= 15 is 0 Å². The van der Waals surface area contributed by atoms with Crippen molar-refractivity contribution in [1.82, 2.24) is 5.32 Å². The van der Waals surface area contributed by atoms with Gasteiger partial charge in [0.15, 0.2) is 0 Å². The zero-order valence-electron chi connectivity index (χ0n) is 11.5. The molecule has 0 aliphatic carbocycles. The summed E-state index contributed by atoms with van der Waals surface area (Å²) in [5.41, 5.74) is 0.586. The molecule has 2 N–H and O–H groups in total. The number of carbonyl (C=O) groups excluding carboxylic acids is 1. The summed E-state index contributed by atoms with van der Waals surface area (Å²) in [4.78, 5) is 22.1. The SMILES string of the molecule is C#CCC(CC)Nc1cc(C(=O)NC)ccc1[N+](=O)[O-]. The van der Waals surface area contributed by atoms with E-state index in [1.54, 1.807) is 0 Å². The molecule has 20 heavy (non-hydrogen) atoms. The van der Waals surface area contributed by atoms with E-state index in [0.29, 0.717) is 17.7 Å². The maximum absolute atomic E-state index is 11.6. The Balaban J connectivity index is 3.15. The summed E-state index contributed by atoms with van der Waals surface area (Å²) in [7, 11) is 1.50. The Morgan fingerprint density at radius 3 is 2.75 bits per heavy atom. The highest BCUT2D eigenvalue weighted by atomic mass is 16.6. The molecule has 0 aliphatic rings. The first-order chi connectivity index (χ1) is 9.53. The summed E-state index contributed by atoms with van der Waals surface area (Å²) in [6.45, 7) is 1.93. The third-order valence-electron chi connectivity index (χ3n) is 2.90. The second-order valence-corrected chi connectivity index (χ2v) is 4.23. The minimum absolute atomic E-state index is 0.0707. The van der Waals surface area contributed by atoms with Crippen LogP contribution in [0.2, 0.25) is 0 Å². The van der Waals surface area contributed by atoms with Crippen LogP contribution in [0, 0.1) is 22.5 Å². The average Bonchev–Trinajstić information content (AvgIpc) is 2.45. The van der Waals surface area contributed by atoms with Crippen molar-refractivity contribution < 1.29 is 9.72 Å². The molecule has 0 aromatic heterocycles. The second kappa shape index (κ2) is 7.14.